The average Bonchev–Trinajstić information content (AvgIpc) is 2.95. The van der Waals surface area contributed by atoms with Crippen molar-refractivity contribution in [1.82, 2.24) is 5.32 Å². The van der Waals surface area contributed by atoms with Crippen molar-refractivity contribution in [2.75, 3.05) is 25.0 Å². The van der Waals surface area contributed by atoms with Gasteiger partial charge in [-0.25, -0.2) is 18.4 Å². The largest absolute Gasteiger partial charge is 0.460 e. The van der Waals surface area contributed by atoms with Gasteiger partial charge < -0.3 is 24.8 Å². The Labute approximate surface area is 232 Å². The van der Waals surface area contributed by atoms with Crippen LogP contribution in [0.15, 0.2) is 77.7 Å². The molecule has 0 spiro atoms. The van der Waals surface area contributed by atoms with Gasteiger partial charge in [0.15, 0.2) is 12.4 Å². The van der Waals surface area contributed by atoms with Gasteiger partial charge in [0, 0.05) is 6.54 Å². The normalized spacial score (nSPS) is 10.8. The van der Waals surface area contributed by atoms with E-state index in [-0.39, 0.29) is 23.6 Å². The summed E-state index contributed by atoms with van der Waals surface area (Å²) in [6.45, 7) is 1.37. The molecule has 3 aromatic rings. The summed E-state index contributed by atoms with van der Waals surface area (Å²) in [4.78, 5) is 36.4. The van der Waals surface area contributed by atoms with Crippen LogP contribution in [-0.2, 0) is 35.7 Å². The van der Waals surface area contributed by atoms with E-state index in [1.807, 2.05) is 13.0 Å². The molecule has 3 aromatic carbocycles. The highest BCUT2D eigenvalue weighted by atomic mass is 32.2. The Morgan fingerprint density at radius 2 is 1.60 bits per heavy atom. The number of unbranched alkanes of at least 4 members (excludes halogenated alkanes) is 1. The molecular formula is C28H31N3O8S. The molecule has 0 atom stereocenters. The lowest BCUT2D eigenvalue weighted by molar-refractivity contribution is -0.145. The summed E-state index contributed by atoms with van der Waals surface area (Å²) in [6, 6.07) is 19.9. The zero-order chi connectivity index (χ0) is 29.0. The van der Waals surface area contributed by atoms with Crippen molar-refractivity contribution in [3.8, 4) is 11.5 Å². The molecule has 0 fully saturated rings. The molecule has 4 N–H and O–H groups in total. The van der Waals surface area contributed by atoms with Gasteiger partial charge in [-0.1, -0.05) is 61.9 Å². The number of hydrogen-bond acceptors (Lipinski definition) is 9. The Hall–Kier alpha value is -4.42. The van der Waals surface area contributed by atoms with E-state index in [2.05, 4.69) is 10.6 Å². The molecule has 40 heavy (non-hydrogen) atoms. The summed E-state index contributed by atoms with van der Waals surface area (Å²) >= 11 is 0. The molecule has 0 radical (unpaired) electrons. The minimum atomic E-state index is -4.34. The summed E-state index contributed by atoms with van der Waals surface area (Å²) in [5, 5.41) is 10.8. The number of benzene rings is 3. The van der Waals surface area contributed by atoms with Crippen LogP contribution in [0.4, 0.5) is 5.69 Å². The van der Waals surface area contributed by atoms with Crippen molar-refractivity contribution >= 4 is 33.6 Å². The predicted molar refractivity (Wildman–Crippen MR) is 147 cm³/mol. The van der Waals surface area contributed by atoms with Crippen molar-refractivity contribution < 1.29 is 37.0 Å². The van der Waals surface area contributed by atoms with E-state index in [1.165, 1.54) is 6.07 Å². The monoisotopic (exact) mass is 569 g/mol. The zero-order valence-corrected chi connectivity index (χ0v) is 22.7. The van der Waals surface area contributed by atoms with Crippen LogP contribution >= 0.6 is 0 Å². The van der Waals surface area contributed by atoms with Gasteiger partial charge in [0.2, 0.25) is 10.0 Å². The molecule has 0 aliphatic carbocycles. The number of ether oxygens (including phenoxy) is 3. The fourth-order valence-corrected chi connectivity index (χ4v) is 4.10. The van der Waals surface area contributed by atoms with E-state index >= 15 is 0 Å². The van der Waals surface area contributed by atoms with Gasteiger partial charge in [-0.2, -0.15) is 0 Å². The standard InChI is InChI=1S/C28H31N3O8S/c1-2-3-14-30-23-15-21(16-24(40(29,35)36)27(23)39-22-12-8-5-9-13-22)28(34)38-19-25(32)31-17-26(33)37-18-20-10-6-4-7-11-20/h4-13,15-16,30H,2-3,14,17-19H2,1H3,(H,31,32)(H2,29,35,36). The second kappa shape index (κ2) is 14.7. The highest BCUT2D eigenvalue weighted by Gasteiger charge is 2.24. The predicted octanol–water partition coefficient (Wildman–Crippen LogP) is 3.35. The first-order chi connectivity index (χ1) is 19.2. The molecule has 0 aliphatic heterocycles. The Bertz CT molecular complexity index is 1410. The van der Waals surface area contributed by atoms with Gasteiger partial charge in [-0.3, -0.25) is 9.59 Å². The lowest BCUT2D eigenvalue weighted by atomic mass is 10.1. The number of anilines is 1. The van der Waals surface area contributed by atoms with Crippen molar-refractivity contribution in [2.24, 2.45) is 5.14 Å². The molecule has 3 rings (SSSR count). The molecule has 212 valence electrons. The summed E-state index contributed by atoms with van der Waals surface area (Å²) in [5.74, 6) is -2.11. The number of para-hydroxylation sites is 1. The molecule has 0 aliphatic rings. The van der Waals surface area contributed by atoms with E-state index in [4.69, 9.17) is 19.3 Å². The first kappa shape index (κ1) is 30.1. The van der Waals surface area contributed by atoms with Crippen molar-refractivity contribution in [2.45, 2.75) is 31.3 Å². The number of carbonyl (C=O) groups excluding carboxylic acids is 3. The lowest BCUT2D eigenvalue weighted by Crippen LogP contribution is -2.34. The number of rotatable bonds is 14. The van der Waals surface area contributed by atoms with Gasteiger partial charge in [0.1, 0.15) is 23.8 Å². The minimum absolute atomic E-state index is 0.0511. The maximum absolute atomic E-state index is 12.8. The first-order valence-electron chi connectivity index (χ1n) is 12.5. The Morgan fingerprint density at radius 3 is 2.25 bits per heavy atom. The number of nitrogens with two attached hydrogens (primary N) is 1. The van der Waals surface area contributed by atoms with Crippen LogP contribution in [0.1, 0.15) is 35.7 Å². The minimum Gasteiger partial charge on any atom is -0.460 e. The maximum atomic E-state index is 12.8. The lowest BCUT2D eigenvalue weighted by Gasteiger charge is -2.17. The fourth-order valence-electron chi connectivity index (χ4n) is 3.40. The van der Waals surface area contributed by atoms with Gasteiger partial charge >= 0.3 is 11.9 Å². The average molecular weight is 570 g/mol. The summed E-state index contributed by atoms with van der Waals surface area (Å²) in [5.41, 5.74) is 0.832. The van der Waals surface area contributed by atoms with E-state index in [0.29, 0.717) is 12.3 Å². The number of sulfonamides is 1. The molecule has 1 amide bonds. The highest BCUT2D eigenvalue weighted by molar-refractivity contribution is 7.89. The molecule has 0 bridgehead atoms. The van der Waals surface area contributed by atoms with Crippen LogP contribution in [0.3, 0.4) is 0 Å². The molecule has 0 unspecified atom stereocenters. The van der Waals surface area contributed by atoms with Crippen LogP contribution in [0.5, 0.6) is 11.5 Å². The quantitative estimate of drug-likeness (QED) is 0.195. The molecule has 0 saturated carbocycles. The fraction of sp³-hybridized carbons (Fsp3) is 0.250. The summed E-state index contributed by atoms with van der Waals surface area (Å²) in [7, 11) is -4.34. The van der Waals surface area contributed by atoms with Crippen LogP contribution in [0.25, 0.3) is 0 Å². The third kappa shape index (κ3) is 9.40. The molecule has 0 heterocycles. The van der Waals surface area contributed by atoms with E-state index in [1.54, 1.807) is 54.6 Å². The van der Waals surface area contributed by atoms with Gasteiger partial charge in [0.05, 0.1) is 11.3 Å². The molecule has 12 heteroatoms. The van der Waals surface area contributed by atoms with Crippen molar-refractivity contribution in [3.63, 3.8) is 0 Å². The van der Waals surface area contributed by atoms with Gasteiger partial charge in [0.25, 0.3) is 5.91 Å². The highest BCUT2D eigenvalue weighted by Crippen LogP contribution is 2.37. The van der Waals surface area contributed by atoms with E-state index in [0.717, 1.165) is 24.5 Å². The SMILES string of the molecule is CCCCNc1cc(C(=O)OCC(=O)NCC(=O)OCc2ccccc2)cc(S(N)(=O)=O)c1Oc1ccccc1. The van der Waals surface area contributed by atoms with Crippen LogP contribution in [0, 0.1) is 0 Å². The summed E-state index contributed by atoms with van der Waals surface area (Å²) in [6.07, 6.45) is 1.62. The summed E-state index contributed by atoms with van der Waals surface area (Å²) < 4.78 is 40.9. The zero-order valence-electron chi connectivity index (χ0n) is 21.9. The Kier molecular flexibility index (Phi) is 11.0. The van der Waals surface area contributed by atoms with Crippen LogP contribution < -0.4 is 20.5 Å². The number of amides is 1. The number of esters is 2. The van der Waals surface area contributed by atoms with Crippen LogP contribution in [-0.4, -0.2) is 46.0 Å². The third-order valence-electron chi connectivity index (χ3n) is 5.41. The second-order valence-electron chi connectivity index (χ2n) is 8.59. The molecule has 11 nitrogen and oxygen atoms in total. The van der Waals surface area contributed by atoms with Crippen LogP contribution in [0.2, 0.25) is 0 Å². The van der Waals surface area contributed by atoms with Gasteiger partial charge in [-0.15, -0.1) is 0 Å². The number of hydrogen-bond donors (Lipinski definition) is 3. The van der Waals surface area contributed by atoms with Crippen molar-refractivity contribution in [3.05, 3.63) is 83.9 Å². The number of carbonyl (C=O) groups is 3. The Morgan fingerprint density at radius 1 is 0.925 bits per heavy atom. The smallest absolute Gasteiger partial charge is 0.338 e. The van der Waals surface area contributed by atoms with Crippen molar-refractivity contribution in [1.29, 1.82) is 0 Å². The third-order valence-corrected chi connectivity index (χ3v) is 6.33. The molecule has 0 saturated heterocycles. The molecular weight excluding hydrogens is 538 g/mol. The van der Waals surface area contributed by atoms with E-state index in [9.17, 15) is 22.8 Å². The molecule has 0 aromatic heterocycles. The van der Waals surface area contributed by atoms with Gasteiger partial charge in [-0.05, 0) is 36.2 Å². The Balaban J connectivity index is 1.68. The topological polar surface area (TPSA) is 163 Å². The van der Waals surface area contributed by atoms with E-state index < -0.39 is 45.9 Å². The first-order valence-corrected chi connectivity index (χ1v) is 14.0. The maximum Gasteiger partial charge on any atom is 0.338 e. The number of nitrogens with one attached hydrogen (secondary N) is 2. The second-order valence-corrected chi connectivity index (χ2v) is 10.1. The number of primary sulfonamides is 1.